The lowest BCUT2D eigenvalue weighted by atomic mass is 10.1. The second-order valence-corrected chi connectivity index (χ2v) is 5.03. The molecule has 5 heteroatoms. The number of hydrogen-bond acceptors (Lipinski definition) is 3. The number of halogens is 1. The molecule has 0 aliphatic rings. The quantitative estimate of drug-likeness (QED) is 0.922. The number of aromatic carboxylic acids is 1. The average Bonchev–Trinajstić information content (AvgIpc) is 2.75. The van der Waals surface area contributed by atoms with Crippen molar-refractivity contribution in [3.05, 3.63) is 39.2 Å². The molecule has 0 aliphatic heterocycles. The van der Waals surface area contributed by atoms with Crippen molar-refractivity contribution in [1.29, 1.82) is 0 Å². The SMILES string of the molecule is CCc1nc(-c2csc(Cl)c2)ccc1C(=O)O. The number of nitrogens with zero attached hydrogens (tertiary/aromatic N) is 1. The van der Waals surface area contributed by atoms with Gasteiger partial charge in [-0.05, 0) is 24.6 Å². The van der Waals surface area contributed by atoms with E-state index in [1.807, 2.05) is 18.4 Å². The molecule has 1 N–H and O–H groups in total. The summed E-state index contributed by atoms with van der Waals surface area (Å²) in [7, 11) is 0. The van der Waals surface area contributed by atoms with Gasteiger partial charge in [-0.15, -0.1) is 11.3 Å². The van der Waals surface area contributed by atoms with Crippen LogP contribution in [0.5, 0.6) is 0 Å². The first-order valence-corrected chi connectivity index (χ1v) is 6.35. The van der Waals surface area contributed by atoms with Gasteiger partial charge in [-0.1, -0.05) is 18.5 Å². The smallest absolute Gasteiger partial charge is 0.337 e. The van der Waals surface area contributed by atoms with E-state index in [9.17, 15) is 4.79 Å². The number of carboxylic acid groups (broad SMARTS) is 1. The van der Waals surface area contributed by atoms with Crippen LogP contribution >= 0.6 is 22.9 Å². The van der Waals surface area contributed by atoms with Gasteiger partial charge in [0.05, 0.1) is 21.3 Å². The van der Waals surface area contributed by atoms with Crippen LogP contribution in [0.15, 0.2) is 23.6 Å². The summed E-state index contributed by atoms with van der Waals surface area (Å²) < 4.78 is 0.696. The van der Waals surface area contributed by atoms with Crippen LogP contribution in [0.4, 0.5) is 0 Å². The first kappa shape index (κ1) is 12.1. The number of aromatic nitrogens is 1. The Balaban J connectivity index is 2.48. The third kappa shape index (κ3) is 2.48. The molecule has 2 aromatic rings. The summed E-state index contributed by atoms with van der Waals surface area (Å²) >= 11 is 7.29. The summed E-state index contributed by atoms with van der Waals surface area (Å²) in [4.78, 5) is 15.3. The van der Waals surface area contributed by atoms with Crippen molar-refractivity contribution in [1.82, 2.24) is 4.98 Å². The lowest BCUT2D eigenvalue weighted by molar-refractivity contribution is 0.0695. The number of hydrogen-bond donors (Lipinski definition) is 1. The Hall–Kier alpha value is -1.39. The largest absolute Gasteiger partial charge is 0.478 e. The van der Waals surface area contributed by atoms with Crippen LogP contribution in [0.1, 0.15) is 23.0 Å². The summed E-state index contributed by atoms with van der Waals surface area (Å²) in [5.74, 6) is -0.941. The number of pyridine rings is 1. The van der Waals surface area contributed by atoms with Gasteiger partial charge in [-0.3, -0.25) is 4.98 Å². The van der Waals surface area contributed by atoms with Crippen molar-refractivity contribution in [2.75, 3.05) is 0 Å². The zero-order chi connectivity index (χ0) is 12.4. The van der Waals surface area contributed by atoms with E-state index in [4.69, 9.17) is 16.7 Å². The van der Waals surface area contributed by atoms with Gasteiger partial charge in [0, 0.05) is 10.9 Å². The summed E-state index contributed by atoms with van der Waals surface area (Å²) in [6.45, 7) is 1.89. The van der Waals surface area contributed by atoms with E-state index in [1.54, 1.807) is 12.1 Å². The number of aryl methyl sites for hydroxylation is 1. The van der Waals surface area contributed by atoms with E-state index in [1.165, 1.54) is 11.3 Å². The highest BCUT2D eigenvalue weighted by Gasteiger charge is 2.12. The minimum Gasteiger partial charge on any atom is -0.478 e. The molecule has 0 aliphatic carbocycles. The summed E-state index contributed by atoms with van der Waals surface area (Å²) in [6.07, 6.45) is 0.591. The van der Waals surface area contributed by atoms with Crippen LogP contribution in [0.3, 0.4) is 0 Å². The molecule has 0 saturated heterocycles. The Morgan fingerprint density at radius 2 is 2.29 bits per heavy atom. The number of rotatable bonds is 3. The molecule has 2 aromatic heterocycles. The van der Waals surface area contributed by atoms with E-state index in [0.717, 1.165) is 11.3 Å². The highest BCUT2D eigenvalue weighted by atomic mass is 35.5. The van der Waals surface area contributed by atoms with Gasteiger partial charge in [-0.25, -0.2) is 4.79 Å². The monoisotopic (exact) mass is 267 g/mol. The highest BCUT2D eigenvalue weighted by molar-refractivity contribution is 7.14. The van der Waals surface area contributed by atoms with Gasteiger partial charge < -0.3 is 5.11 Å². The van der Waals surface area contributed by atoms with Gasteiger partial charge >= 0.3 is 5.97 Å². The first-order valence-electron chi connectivity index (χ1n) is 5.09. The second kappa shape index (κ2) is 4.85. The Labute approximate surface area is 108 Å². The summed E-state index contributed by atoms with van der Waals surface area (Å²) in [6, 6.07) is 5.13. The molecule has 88 valence electrons. The van der Waals surface area contributed by atoms with E-state index in [0.29, 0.717) is 16.5 Å². The third-order valence-electron chi connectivity index (χ3n) is 2.40. The summed E-state index contributed by atoms with van der Waals surface area (Å²) in [5, 5.41) is 10.9. The summed E-state index contributed by atoms with van der Waals surface area (Å²) in [5.41, 5.74) is 2.54. The maximum Gasteiger partial charge on any atom is 0.337 e. The van der Waals surface area contributed by atoms with Crippen molar-refractivity contribution in [2.45, 2.75) is 13.3 Å². The maximum atomic E-state index is 11.0. The van der Waals surface area contributed by atoms with Crippen LogP contribution < -0.4 is 0 Å². The number of thiophene rings is 1. The average molecular weight is 268 g/mol. The molecule has 17 heavy (non-hydrogen) atoms. The normalized spacial score (nSPS) is 10.5. The fourth-order valence-corrected chi connectivity index (χ4v) is 2.45. The van der Waals surface area contributed by atoms with Crippen molar-refractivity contribution in [3.8, 4) is 11.3 Å². The molecule has 0 radical (unpaired) electrons. The predicted molar refractivity (Wildman–Crippen MR) is 68.9 cm³/mol. The van der Waals surface area contributed by atoms with Crippen molar-refractivity contribution >= 4 is 28.9 Å². The molecule has 2 heterocycles. The van der Waals surface area contributed by atoms with E-state index in [2.05, 4.69) is 4.98 Å². The van der Waals surface area contributed by atoms with E-state index < -0.39 is 5.97 Å². The van der Waals surface area contributed by atoms with Crippen LogP contribution in [-0.2, 0) is 6.42 Å². The highest BCUT2D eigenvalue weighted by Crippen LogP contribution is 2.28. The molecule has 3 nitrogen and oxygen atoms in total. The van der Waals surface area contributed by atoms with E-state index in [-0.39, 0.29) is 5.56 Å². The molecule has 0 unspecified atom stereocenters. The zero-order valence-corrected chi connectivity index (χ0v) is 10.7. The lowest BCUT2D eigenvalue weighted by Crippen LogP contribution is -2.04. The molecule has 0 fully saturated rings. The number of carboxylic acids is 1. The number of carbonyl (C=O) groups is 1. The van der Waals surface area contributed by atoms with Crippen molar-refractivity contribution in [2.24, 2.45) is 0 Å². The Morgan fingerprint density at radius 3 is 2.82 bits per heavy atom. The first-order chi connectivity index (χ1) is 8.11. The molecule has 2 rings (SSSR count). The Morgan fingerprint density at radius 1 is 1.53 bits per heavy atom. The Bertz CT molecular complexity index is 565. The molecule has 0 saturated carbocycles. The predicted octanol–water partition coefficient (Wildman–Crippen LogP) is 3.72. The van der Waals surface area contributed by atoms with Crippen molar-refractivity contribution in [3.63, 3.8) is 0 Å². The van der Waals surface area contributed by atoms with Gasteiger partial charge in [0.25, 0.3) is 0 Å². The van der Waals surface area contributed by atoms with Gasteiger partial charge in [0.1, 0.15) is 0 Å². The van der Waals surface area contributed by atoms with Crippen molar-refractivity contribution < 1.29 is 9.90 Å². The standard InChI is InChI=1S/C12H10ClNO2S/c1-2-9-8(12(15)16)3-4-10(14-9)7-5-11(13)17-6-7/h3-6H,2H2,1H3,(H,15,16). The maximum absolute atomic E-state index is 11.0. The molecule has 0 aromatic carbocycles. The van der Waals surface area contributed by atoms with Gasteiger partial charge in [0.15, 0.2) is 0 Å². The fraction of sp³-hybridized carbons (Fsp3) is 0.167. The molecule has 0 atom stereocenters. The van der Waals surface area contributed by atoms with Crippen LogP contribution in [0, 0.1) is 0 Å². The molecular weight excluding hydrogens is 258 g/mol. The topological polar surface area (TPSA) is 50.2 Å². The van der Waals surface area contributed by atoms with Crippen LogP contribution in [0.2, 0.25) is 4.34 Å². The molecule has 0 amide bonds. The Kier molecular flexibility index (Phi) is 3.45. The molecular formula is C12H10ClNO2S. The van der Waals surface area contributed by atoms with Crippen LogP contribution in [-0.4, -0.2) is 16.1 Å². The minimum absolute atomic E-state index is 0.262. The van der Waals surface area contributed by atoms with E-state index >= 15 is 0 Å². The van der Waals surface area contributed by atoms with Gasteiger partial charge in [0.2, 0.25) is 0 Å². The van der Waals surface area contributed by atoms with Crippen LogP contribution in [0.25, 0.3) is 11.3 Å². The van der Waals surface area contributed by atoms with Gasteiger partial charge in [-0.2, -0.15) is 0 Å². The lowest BCUT2D eigenvalue weighted by Gasteiger charge is -2.05. The second-order valence-electron chi connectivity index (χ2n) is 3.49. The fourth-order valence-electron chi connectivity index (χ4n) is 1.57. The molecule has 0 bridgehead atoms. The zero-order valence-electron chi connectivity index (χ0n) is 9.11. The third-order valence-corrected chi connectivity index (χ3v) is 3.49. The minimum atomic E-state index is -0.941. The molecule has 0 spiro atoms.